The minimum absolute atomic E-state index is 0.117. The molecule has 0 aromatic rings. The molecule has 0 saturated carbocycles. The van der Waals surface area contributed by atoms with Crippen LogP contribution in [0.1, 0.15) is 19.3 Å². The zero-order chi connectivity index (χ0) is 14.0. The monoisotopic (exact) mass is 269 g/mol. The fraction of sp³-hybridized carbons (Fsp3) is 0.636. The van der Waals surface area contributed by atoms with Crippen molar-refractivity contribution in [2.24, 2.45) is 0 Å². The van der Waals surface area contributed by atoms with E-state index in [9.17, 15) is 19.2 Å². The van der Waals surface area contributed by atoms with Gasteiger partial charge < -0.3 is 15.3 Å². The van der Waals surface area contributed by atoms with Crippen LogP contribution in [0.25, 0.3) is 0 Å². The molecule has 2 aliphatic rings. The normalized spacial score (nSPS) is 23.5. The second kappa shape index (κ2) is 5.25. The lowest BCUT2D eigenvalue weighted by molar-refractivity contribution is -0.152. The van der Waals surface area contributed by atoms with E-state index < -0.39 is 36.4 Å². The average molecular weight is 269 g/mol. The van der Waals surface area contributed by atoms with E-state index in [-0.39, 0.29) is 6.54 Å². The SMILES string of the molecule is O=C(O)[C@@H]1CCCCN1C(=O)CN1C(=O)CNC1=O. The highest BCUT2D eigenvalue weighted by atomic mass is 16.4. The number of urea groups is 1. The van der Waals surface area contributed by atoms with E-state index >= 15 is 0 Å². The maximum Gasteiger partial charge on any atom is 0.326 e. The van der Waals surface area contributed by atoms with E-state index in [0.717, 1.165) is 17.7 Å². The maximum absolute atomic E-state index is 12.0. The Bertz CT molecular complexity index is 420. The third-order valence-corrected chi connectivity index (χ3v) is 3.34. The third kappa shape index (κ3) is 2.67. The standard InChI is InChI=1S/C11H15N3O5/c15-8-5-12-11(19)14(8)6-9(16)13-4-2-1-3-7(13)10(17)18/h7H,1-6H2,(H,12,19)(H,17,18)/t7-/m0/s1. The van der Waals surface area contributed by atoms with Crippen molar-refractivity contribution in [1.82, 2.24) is 15.1 Å². The first-order chi connectivity index (χ1) is 9.00. The van der Waals surface area contributed by atoms with Crippen LogP contribution in [0.15, 0.2) is 0 Å². The molecule has 1 atom stereocenters. The molecule has 2 N–H and O–H groups in total. The van der Waals surface area contributed by atoms with Gasteiger partial charge in [0.1, 0.15) is 12.6 Å². The quantitative estimate of drug-likeness (QED) is 0.639. The lowest BCUT2D eigenvalue weighted by Crippen LogP contribution is -2.52. The van der Waals surface area contributed by atoms with Crippen LogP contribution in [0.3, 0.4) is 0 Å². The minimum Gasteiger partial charge on any atom is -0.480 e. The molecule has 0 radical (unpaired) electrons. The number of carboxylic acids is 1. The van der Waals surface area contributed by atoms with E-state index in [1.54, 1.807) is 0 Å². The molecule has 2 aliphatic heterocycles. The van der Waals surface area contributed by atoms with Gasteiger partial charge in [0.2, 0.25) is 5.91 Å². The number of piperidine rings is 1. The number of rotatable bonds is 3. The van der Waals surface area contributed by atoms with E-state index in [1.807, 2.05) is 0 Å². The fourth-order valence-corrected chi connectivity index (χ4v) is 2.33. The Balaban J connectivity index is 2.03. The third-order valence-electron chi connectivity index (χ3n) is 3.34. The molecule has 0 aliphatic carbocycles. The number of carbonyl (C=O) groups is 4. The van der Waals surface area contributed by atoms with Crippen LogP contribution in [-0.2, 0) is 14.4 Å². The van der Waals surface area contributed by atoms with Crippen LogP contribution in [0.2, 0.25) is 0 Å². The van der Waals surface area contributed by atoms with Crippen LogP contribution in [0.5, 0.6) is 0 Å². The molecular weight excluding hydrogens is 254 g/mol. The number of aliphatic carboxylic acids is 1. The van der Waals surface area contributed by atoms with Gasteiger partial charge in [0.25, 0.3) is 5.91 Å². The van der Waals surface area contributed by atoms with Crippen LogP contribution < -0.4 is 5.32 Å². The van der Waals surface area contributed by atoms with Gasteiger partial charge in [-0.2, -0.15) is 0 Å². The second-order valence-electron chi connectivity index (χ2n) is 4.58. The number of nitrogens with one attached hydrogen (secondary N) is 1. The predicted molar refractivity (Wildman–Crippen MR) is 62.1 cm³/mol. The van der Waals surface area contributed by atoms with Gasteiger partial charge in [-0.1, -0.05) is 0 Å². The fourth-order valence-electron chi connectivity index (χ4n) is 2.33. The second-order valence-corrected chi connectivity index (χ2v) is 4.58. The number of hydrogen-bond donors (Lipinski definition) is 2. The van der Waals surface area contributed by atoms with Gasteiger partial charge >= 0.3 is 12.0 Å². The highest BCUT2D eigenvalue weighted by Gasteiger charge is 2.36. The summed E-state index contributed by atoms with van der Waals surface area (Å²) in [4.78, 5) is 47.9. The van der Waals surface area contributed by atoms with Crippen molar-refractivity contribution in [3.05, 3.63) is 0 Å². The van der Waals surface area contributed by atoms with Crippen molar-refractivity contribution < 1.29 is 24.3 Å². The molecule has 4 amide bonds. The number of carbonyl (C=O) groups excluding carboxylic acids is 3. The molecule has 2 fully saturated rings. The van der Waals surface area contributed by atoms with Gasteiger partial charge in [-0.25, -0.2) is 9.59 Å². The summed E-state index contributed by atoms with van der Waals surface area (Å²) in [5.74, 6) is -2.02. The van der Waals surface area contributed by atoms with Crippen molar-refractivity contribution in [3.8, 4) is 0 Å². The van der Waals surface area contributed by atoms with Gasteiger partial charge in [-0.15, -0.1) is 0 Å². The Hall–Kier alpha value is -2.12. The molecule has 2 heterocycles. The first-order valence-corrected chi connectivity index (χ1v) is 6.11. The van der Waals surface area contributed by atoms with Gasteiger partial charge in [0.05, 0.1) is 6.54 Å². The topological polar surface area (TPSA) is 107 Å². The Labute approximate surface area is 109 Å². The summed E-state index contributed by atoms with van der Waals surface area (Å²) in [7, 11) is 0. The predicted octanol–water partition coefficient (Wildman–Crippen LogP) is -0.996. The minimum atomic E-state index is -1.05. The summed E-state index contributed by atoms with van der Waals surface area (Å²) in [6.07, 6.45) is 1.89. The molecule has 0 aromatic heterocycles. The number of imide groups is 1. The number of amides is 4. The zero-order valence-corrected chi connectivity index (χ0v) is 10.3. The van der Waals surface area contributed by atoms with Crippen LogP contribution >= 0.6 is 0 Å². The van der Waals surface area contributed by atoms with Gasteiger partial charge in [-0.3, -0.25) is 14.5 Å². The molecule has 2 rings (SSSR count). The average Bonchev–Trinajstić information content (AvgIpc) is 2.70. The van der Waals surface area contributed by atoms with Crippen molar-refractivity contribution >= 4 is 23.8 Å². The van der Waals surface area contributed by atoms with E-state index in [0.29, 0.717) is 13.0 Å². The Morgan fingerprint density at radius 1 is 1.32 bits per heavy atom. The van der Waals surface area contributed by atoms with Gasteiger partial charge in [-0.05, 0) is 19.3 Å². The highest BCUT2D eigenvalue weighted by Crippen LogP contribution is 2.18. The smallest absolute Gasteiger partial charge is 0.326 e. The molecule has 104 valence electrons. The summed E-state index contributed by atoms with van der Waals surface area (Å²) in [5.41, 5.74) is 0. The Morgan fingerprint density at radius 3 is 2.63 bits per heavy atom. The molecule has 8 heteroatoms. The first-order valence-electron chi connectivity index (χ1n) is 6.11. The van der Waals surface area contributed by atoms with Crippen LogP contribution in [-0.4, -0.2) is 64.4 Å². The lowest BCUT2D eigenvalue weighted by atomic mass is 10.0. The Morgan fingerprint density at radius 2 is 2.05 bits per heavy atom. The number of carboxylic acid groups (broad SMARTS) is 1. The molecule has 19 heavy (non-hydrogen) atoms. The van der Waals surface area contributed by atoms with Crippen molar-refractivity contribution in [2.45, 2.75) is 25.3 Å². The van der Waals surface area contributed by atoms with Crippen molar-refractivity contribution in [2.75, 3.05) is 19.6 Å². The number of hydrogen-bond acceptors (Lipinski definition) is 4. The number of likely N-dealkylation sites (tertiary alicyclic amines) is 1. The van der Waals surface area contributed by atoms with Gasteiger partial charge in [0.15, 0.2) is 0 Å². The summed E-state index contributed by atoms with van der Waals surface area (Å²) in [5, 5.41) is 11.4. The van der Waals surface area contributed by atoms with Gasteiger partial charge in [0, 0.05) is 6.54 Å². The van der Waals surface area contributed by atoms with Crippen LogP contribution in [0, 0.1) is 0 Å². The highest BCUT2D eigenvalue weighted by molar-refractivity contribution is 6.04. The number of nitrogens with zero attached hydrogens (tertiary/aromatic N) is 2. The molecule has 0 bridgehead atoms. The van der Waals surface area contributed by atoms with E-state index in [2.05, 4.69) is 5.32 Å². The summed E-state index contributed by atoms with van der Waals surface area (Å²) in [6, 6.07) is -1.47. The zero-order valence-electron chi connectivity index (χ0n) is 10.3. The summed E-state index contributed by atoms with van der Waals surface area (Å²) >= 11 is 0. The first kappa shape index (κ1) is 13.3. The van der Waals surface area contributed by atoms with Crippen LogP contribution in [0.4, 0.5) is 4.79 Å². The Kier molecular flexibility index (Phi) is 3.68. The molecule has 0 spiro atoms. The van der Waals surface area contributed by atoms with E-state index in [4.69, 9.17) is 5.11 Å². The maximum atomic E-state index is 12.0. The van der Waals surface area contributed by atoms with Crippen molar-refractivity contribution in [1.29, 1.82) is 0 Å². The molecule has 2 saturated heterocycles. The molecule has 0 unspecified atom stereocenters. The molecule has 0 aromatic carbocycles. The summed E-state index contributed by atoms with van der Waals surface area (Å²) < 4.78 is 0. The lowest BCUT2D eigenvalue weighted by Gasteiger charge is -2.33. The van der Waals surface area contributed by atoms with E-state index in [1.165, 1.54) is 4.90 Å². The molecule has 8 nitrogen and oxygen atoms in total. The largest absolute Gasteiger partial charge is 0.480 e. The van der Waals surface area contributed by atoms with Crippen molar-refractivity contribution in [3.63, 3.8) is 0 Å². The summed E-state index contributed by atoms with van der Waals surface area (Å²) in [6.45, 7) is -0.164. The molecular formula is C11H15N3O5.